The number of nitrogens with one attached hydrogen (secondary N) is 2. The summed E-state index contributed by atoms with van der Waals surface area (Å²) in [5.41, 5.74) is 1.60. The molecule has 112 valence electrons. The van der Waals surface area contributed by atoms with Gasteiger partial charge < -0.3 is 15.4 Å². The largest absolute Gasteiger partial charge is 0.492 e. The Labute approximate surface area is 130 Å². The molecule has 0 saturated heterocycles. The molecule has 0 unspecified atom stereocenters. The van der Waals surface area contributed by atoms with E-state index in [-0.39, 0.29) is 12.5 Å². The maximum atomic E-state index is 11.7. The quantitative estimate of drug-likeness (QED) is 0.608. The van der Waals surface area contributed by atoms with Gasteiger partial charge in [0.15, 0.2) is 0 Å². The summed E-state index contributed by atoms with van der Waals surface area (Å²) in [6, 6.07) is 16.9. The first-order valence-electron chi connectivity index (χ1n) is 7.03. The van der Waals surface area contributed by atoms with Crippen molar-refractivity contribution in [1.29, 1.82) is 0 Å². The molecule has 0 fully saturated rings. The first-order chi connectivity index (χ1) is 10.8. The summed E-state index contributed by atoms with van der Waals surface area (Å²) in [6.07, 6.45) is 5.33. The SMILES string of the molecule is C#Cc1cccc(NCC(=O)NCCOc2ccccc2)c1. The van der Waals surface area contributed by atoms with E-state index in [1.807, 2.05) is 54.6 Å². The molecule has 0 spiro atoms. The number of ether oxygens (including phenoxy) is 1. The van der Waals surface area contributed by atoms with Crippen molar-refractivity contribution in [2.24, 2.45) is 0 Å². The third-order valence-electron chi connectivity index (χ3n) is 2.92. The summed E-state index contributed by atoms with van der Waals surface area (Å²) in [6.45, 7) is 1.08. The van der Waals surface area contributed by atoms with E-state index in [0.29, 0.717) is 13.2 Å². The molecule has 4 nitrogen and oxygen atoms in total. The molecule has 0 radical (unpaired) electrons. The molecule has 0 heterocycles. The Bertz CT molecular complexity index is 648. The van der Waals surface area contributed by atoms with Crippen molar-refractivity contribution < 1.29 is 9.53 Å². The molecule has 2 aromatic carbocycles. The summed E-state index contributed by atoms with van der Waals surface area (Å²) in [4.78, 5) is 11.7. The van der Waals surface area contributed by atoms with Crippen LogP contribution in [0.3, 0.4) is 0 Å². The Hall–Kier alpha value is -2.93. The zero-order chi connectivity index (χ0) is 15.6. The summed E-state index contributed by atoms with van der Waals surface area (Å²) >= 11 is 0. The molecule has 2 aromatic rings. The summed E-state index contributed by atoms with van der Waals surface area (Å²) in [5.74, 6) is 3.25. The van der Waals surface area contributed by atoms with E-state index in [9.17, 15) is 4.79 Å². The van der Waals surface area contributed by atoms with Gasteiger partial charge in [-0.15, -0.1) is 6.42 Å². The molecule has 22 heavy (non-hydrogen) atoms. The number of hydrogen-bond donors (Lipinski definition) is 2. The first-order valence-corrected chi connectivity index (χ1v) is 7.03. The van der Waals surface area contributed by atoms with Gasteiger partial charge in [0.25, 0.3) is 0 Å². The van der Waals surface area contributed by atoms with Crippen LogP contribution in [0, 0.1) is 12.3 Å². The lowest BCUT2D eigenvalue weighted by molar-refractivity contribution is -0.119. The lowest BCUT2D eigenvalue weighted by Crippen LogP contribution is -2.33. The Morgan fingerprint density at radius 2 is 1.95 bits per heavy atom. The van der Waals surface area contributed by atoms with Crippen LogP contribution >= 0.6 is 0 Å². The van der Waals surface area contributed by atoms with Gasteiger partial charge in [-0.25, -0.2) is 0 Å². The van der Waals surface area contributed by atoms with E-state index in [0.717, 1.165) is 17.0 Å². The fourth-order valence-electron chi connectivity index (χ4n) is 1.84. The second kappa shape index (κ2) is 8.38. The van der Waals surface area contributed by atoms with Crippen LogP contribution in [-0.4, -0.2) is 25.6 Å². The predicted octanol–water partition coefficient (Wildman–Crippen LogP) is 2.28. The van der Waals surface area contributed by atoms with Gasteiger partial charge in [0.1, 0.15) is 12.4 Å². The molecule has 0 atom stereocenters. The fraction of sp³-hybridized carbons (Fsp3) is 0.167. The highest BCUT2D eigenvalue weighted by molar-refractivity contribution is 5.80. The zero-order valence-corrected chi connectivity index (χ0v) is 12.2. The van der Waals surface area contributed by atoms with Crippen LogP contribution in [0.25, 0.3) is 0 Å². The predicted molar refractivity (Wildman–Crippen MR) is 87.8 cm³/mol. The molecule has 0 aliphatic carbocycles. The van der Waals surface area contributed by atoms with Gasteiger partial charge in [0, 0.05) is 11.3 Å². The van der Waals surface area contributed by atoms with Crippen molar-refractivity contribution in [2.75, 3.05) is 25.0 Å². The molecule has 0 aromatic heterocycles. The second-order valence-electron chi connectivity index (χ2n) is 4.59. The maximum absolute atomic E-state index is 11.7. The number of carbonyl (C=O) groups excluding carboxylic acids is 1. The van der Waals surface area contributed by atoms with Gasteiger partial charge in [-0.05, 0) is 30.3 Å². The summed E-state index contributed by atoms with van der Waals surface area (Å²) in [7, 11) is 0. The van der Waals surface area contributed by atoms with E-state index in [4.69, 9.17) is 11.2 Å². The summed E-state index contributed by atoms with van der Waals surface area (Å²) < 4.78 is 5.49. The number of amides is 1. The number of terminal acetylenes is 1. The van der Waals surface area contributed by atoms with Crippen LogP contribution in [0.2, 0.25) is 0 Å². The highest BCUT2D eigenvalue weighted by Crippen LogP contribution is 2.09. The van der Waals surface area contributed by atoms with Crippen LogP contribution < -0.4 is 15.4 Å². The van der Waals surface area contributed by atoms with Gasteiger partial charge in [-0.2, -0.15) is 0 Å². The topological polar surface area (TPSA) is 50.4 Å². The van der Waals surface area contributed by atoms with Gasteiger partial charge >= 0.3 is 0 Å². The maximum Gasteiger partial charge on any atom is 0.239 e. The molecule has 0 aliphatic heterocycles. The Morgan fingerprint density at radius 3 is 2.73 bits per heavy atom. The molecule has 0 aliphatic rings. The minimum Gasteiger partial charge on any atom is -0.492 e. The van der Waals surface area contributed by atoms with Crippen molar-refractivity contribution in [3.05, 3.63) is 60.2 Å². The van der Waals surface area contributed by atoms with Crippen molar-refractivity contribution in [3.63, 3.8) is 0 Å². The fourth-order valence-corrected chi connectivity index (χ4v) is 1.84. The zero-order valence-electron chi connectivity index (χ0n) is 12.2. The number of para-hydroxylation sites is 1. The molecule has 2 N–H and O–H groups in total. The first kappa shape index (κ1) is 15.5. The van der Waals surface area contributed by atoms with Gasteiger partial charge in [-0.3, -0.25) is 4.79 Å². The Kier molecular flexibility index (Phi) is 5.89. The number of anilines is 1. The Balaban J connectivity index is 1.64. The highest BCUT2D eigenvalue weighted by atomic mass is 16.5. The van der Waals surface area contributed by atoms with Crippen molar-refractivity contribution >= 4 is 11.6 Å². The third-order valence-corrected chi connectivity index (χ3v) is 2.92. The smallest absolute Gasteiger partial charge is 0.239 e. The lowest BCUT2D eigenvalue weighted by atomic mass is 10.2. The van der Waals surface area contributed by atoms with Crippen molar-refractivity contribution in [3.8, 4) is 18.1 Å². The Morgan fingerprint density at radius 1 is 1.14 bits per heavy atom. The minimum absolute atomic E-state index is 0.0947. The number of carbonyl (C=O) groups is 1. The van der Waals surface area contributed by atoms with Gasteiger partial charge in [0.2, 0.25) is 5.91 Å². The van der Waals surface area contributed by atoms with Crippen LogP contribution in [0.4, 0.5) is 5.69 Å². The second-order valence-corrected chi connectivity index (χ2v) is 4.59. The molecule has 1 amide bonds. The van der Waals surface area contributed by atoms with Crippen LogP contribution in [0.1, 0.15) is 5.56 Å². The van der Waals surface area contributed by atoms with Gasteiger partial charge in [0.05, 0.1) is 13.1 Å². The molecule has 2 rings (SSSR count). The average molecular weight is 294 g/mol. The molecular formula is C18H18N2O2. The molecule has 4 heteroatoms. The van der Waals surface area contributed by atoms with E-state index in [1.165, 1.54) is 0 Å². The van der Waals surface area contributed by atoms with Crippen molar-refractivity contribution in [2.45, 2.75) is 0 Å². The third kappa shape index (κ3) is 5.22. The molecule has 0 bridgehead atoms. The average Bonchev–Trinajstić information content (AvgIpc) is 2.58. The molecule has 0 saturated carbocycles. The van der Waals surface area contributed by atoms with E-state index in [2.05, 4.69) is 16.6 Å². The monoisotopic (exact) mass is 294 g/mol. The number of hydrogen-bond acceptors (Lipinski definition) is 3. The van der Waals surface area contributed by atoms with E-state index >= 15 is 0 Å². The van der Waals surface area contributed by atoms with E-state index < -0.39 is 0 Å². The highest BCUT2D eigenvalue weighted by Gasteiger charge is 2.01. The van der Waals surface area contributed by atoms with Crippen LogP contribution in [0.15, 0.2) is 54.6 Å². The van der Waals surface area contributed by atoms with Crippen LogP contribution in [0.5, 0.6) is 5.75 Å². The molecular weight excluding hydrogens is 276 g/mol. The van der Waals surface area contributed by atoms with E-state index in [1.54, 1.807) is 0 Å². The standard InChI is InChI=1S/C18H18N2O2/c1-2-15-7-6-8-16(13-15)20-14-18(21)19-11-12-22-17-9-4-3-5-10-17/h1,3-10,13,20H,11-12,14H2,(H,19,21). The number of benzene rings is 2. The van der Waals surface area contributed by atoms with Crippen LogP contribution in [-0.2, 0) is 4.79 Å². The lowest BCUT2D eigenvalue weighted by Gasteiger charge is -2.09. The number of rotatable bonds is 7. The minimum atomic E-state index is -0.0947. The van der Waals surface area contributed by atoms with Gasteiger partial charge in [-0.1, -0.05) is 30.2 Å². The normalized spacial score (nSPS) is 9.59. The summed E-state index contributed by atoms with van der Waals surface area (Å²) in [5, 5.41) is 5.81. The van der Waals surface area contributed by atoms with Crippen molar-refractivity contribution in [1.82, 2.24) is 5.32 Å².